The largest absolute Gasteiger partial charge is 0.450 e. The van der Waals surface area contributed by atoms with Gasteiger partial charge in [-0.15, -0.1) is 5.10 Å². The van der Waals surface area contributed by atoms with Crippen molar-refractivity contribution in [3.8, 4) is 0 Å². The van der Waals surface area contributed by atoms with E-state index in [9.17, 15) is 9.59 Å². The number of ether oxygens (including phenoxy) is 1. The Labute approximate surface area is 110 Å². The number of carbonyl (C=O) groups is 2. The summed E-state index contributed by atoms with van der Waals surface area (Å²) in [5, 5.41) is 9.02. The van der Waals surface area contributed by atoms with Gasteiger partial charge in [0.1, 0.15) is 0 Å². The predicted molar refractivity (Wildman–Crippen MR) is 69.1 cm³/mol. The van der Waals surface area contributed by atoms with Crippen molar-refractivity contribution in [2.75, 3.05) is 11.9 Å². The molecular weight excluding hydrogens is 250 g/mol. The van der Waals surface area contributed by atoms with Crippen LogP contribution in [0.3, 0.4) is 0 Å². The fourth-order valence-electron chi connectivity index (χ4n) is 1.34. The highest BCUT2D eigenvalue weighted by molar-refractivity contribution is 5.82. The highest BCUT2D eigenvalue weighted by Gasteiger charge is 2.09. The molecule has 0 aliphatic heterocycles. The topological polar surface area (TPSA) is 98.1 Å². The first kappa shape index (κ1) is 14.7. The number of hydrogen-bond acceptors (Lipinski definition) is 5. The lowest BCUT2D eigenvalue weighted by Crippen LogP contribution is -2.17. The van der Waals surface area contributed by atoms with E-state index in [0.29, 0.717) is 11.5 Å². The summed E-state index contributed by atoms with van der Waals surface area (Å²) in [5.74, 6) is 0.474. The van der Waals surface area contributed by atoms with Crippen molar-refractivity contribution in [1.29, 1.82) is 0 Å². The SMILES string of the molecule is CCOC(=O)Nc1nc(/C=C(/C)NC(C)=O)n(C)n1. The van der Waals surface area contributed by atoms with Crippen LogP contribution in [0.25, 0.3) is 6.08 Å². The van der Waals surface area contributed by atoms with Crippen LogP contribution in [0, 0.1) is 0 Å². The van der Waals surface area contributed by atoms with Crippen LogP contribution in [-0.4, -0.2) is 33.4 Å². The summed E-state index contributed by atoms with van der Waals surface area (Å²) in [6.07, 6.45) is 1.03. The van der Waals surface area contributed by atoms with Crippen molar-refractivity contribution in [3.05, 3.63) is 11.5 Å². The molecule has 0 saturated carbocycles. The number of hydrogen-bond donors (Lipinski definition) is 2. The average Bonchev–Trinajstić information content (AvgIpc) is 2.57. The van der Waals surface area contributed by atoms with Crippen molar-refractivity contribution in [3.63, 3.8) is 0 Å². The minimum Gasteiger partial charge on any atom is -0.450 e. The molecule has 2 amide bonds. The standard InChI is InChI=1S/C11H17N5O3/c1-5-19-11(18)14-10-13-9(16(4)15-10)6-7(2)12-8(3)17/h6H,5H2,1-4H3,(H,12,17)(H,14,15,18)/b7-6-. The Bertz CT molecular complexity index is 506. The predicted octanol–water partition coefficient (Wildman–Crippen LogP) is 0.880. The summed E-state index contributed by atoms with van der Waals surface area (Å²) in [5.41, 5.74) is 0.630. The van der Waals surface area contributed by atoms with Gasteiger partial charge in [0.05, 0.1) is 6.61 Å². The second kappa shape index (κ2) is 6.53. The Kier molecular flexibility index (Phi) is 5.04. The van der Waals surface area contributed by atoms with Gasteiger partial charge in [0.15, 0.2) is 5.82 Å². The van der Waals surface area contributed by atoms with Gasteiger partial charge in [0.2, 0.25) is 5.91 Å². The zero-order chi connectivity index (χ0) is 14.4. The lowest BCUT2D eigenvalue weighted by molar-refractivity contribution is -0.118. The summed E-state index contributed by atoms with van der Waals surface area (Å²) in [6, 6.07) is 0. The summed E-state index contributed by atoms with van der Waals surface area (Å²) in [7, 11) is 1.68. The van der Waals surface area contributed by atoms with Crippen molar-refractivity contribution >= 4 is 24.0 Å². The maximum atomic E-state index is 11.2. The molecule has 1 aromatic rings. The van der Waals surface area contributed by atoms with E-state index in [-0.39, 0.29) is 18.5 Å². The second-order valence-electron chi connectivity index (χ2n) is 3.77. The maximum absolute atomic E-state index is 11.2. The first-order valence-corrected chi connectivity index (χ1v) is 5.73. The van der Waals surface area contributed by atoms with E-state index in [4.69, 9.17) is 4.74 Å². The van der Waals surface area contributed by atoms with Gasteiger partial charge in [-0.3, -0.25) is 10.1 Å². The van der Waals surface area contributed by atoms with Gasteiger partial charge >= 0.3 is 6.09 Å². The van der Waals surface area contributed by atoms with Crippen LogP contribution < -0.4 is 10.6 Å². The first-order chi connectivity index (χ1) is 8.92. The smallest absolute Gasteiger partial charge is 0.414 e. The average molecular weight is 267 g/mol. The van der Waals surface area contributed by atoms with Crippen LogP contribution in [0.15, 0.2) is 5.70 Å². The molecule has 1 rings (SSSR count). The number of nitrogens with one attached hydrogen (secondary N) is 2. The maximum Gasteiger partial charge on any atom is 0.414 e. The molecule has 0 unspecified atom stereocenters. The quantitative estimate of drug-likeness (QED) is 0.843. The summed E-state index contributed by atoms with van der Waals surface area (Å²) in [4.78, 5) is 26.2. The molecule has 2 N–H and O–H groups in total. The second-order valence-corrected chi connectivity index (χ2v) is 3.77. The zero-order valence-corrected chi connectivity index (χ0v) is 11.4. The molecule has 0 bridgehead atoms. The Hall–Kier alpha value is -2.38. The van der Waals surface area contributed by atoms with Crippen LogP contribution in [0.2, 0.25) is 0 Å². The number of anilines is 1. The molecule has 0 aromatic carbocycles. The Morgan fingerprint density at radius 3 is 2.68 bits per heavy atom. The molecule has 0 radical (unpaired) electrons. The number of amides is 2. The fourth-order valence-corrected chi connectivity index (χ4v) is 1.34. The van der Waals surface area contributed by atoms with Crippen molar-refractivity contribution < 1.29 is 14.3 Å². The van der Waals surface area contributed by atoms with E-state index >= 15 is 0 Å². The van der Waals surface area contributed by atoms with E-state index in [1.54, 1.807) is 27.0 Å². The Balaban J connectivity index is 2.79. The van der Waals surface area contributed by atoms with Gasteiger partial charge in [0, 0.05) is 25.7 Å². The molecule has 104 valence electrons. The van der Waals surface area contributed by atoms with Gasteiger partial charge in [-0.25, -0.2) is 9.48 Å². The lowest BCUT2D eigenvalue weighted by Gasteiger charge is -2.00. The number of rotatable bonds is 4. The number of aromatic nitrogens is 3. The third kappa shape index (κ3) is 4.78. The molecule has 0 atom stereocenters. The highest BCUT2D eigenvalue weighted by atomic mass is 16.5. The van der Waals surface area contributed by atoms with Crippen LogP contribution >= 0.6 is 0 Å². The van der Waals surface area contributed by atoms with Gasteiger partial charge < -0.3 is 10.1 Å². The van der Waals surface area contributed by atoms with Gasteiger partial charge in [0.25, 0.3) is 5.95 Å². The van der Waals surface area contributed by atoms with Crippen LogP contribution in [-0.2, 0) is 16.6 Å². The molecule has 1 aromatic heterocycles. The summed E-state index contributed by atoms with van der Waals surface area (Å²) >= 11 is 0. The third-order valence-corrected chi connectivity index (χ3v) is 2.00. The van der Waals surface area contributed by atoms with Crippen LogP contribution in [0.1, 0.15) is 26.6 Å². The van der Waals surface area contributed by atoms with Crippen LogP contribution in [0.5, 0.6) is 0 Å². The van der Waals surface area contributed by atoms with E-state index in [1.165, 1.54) is 11.6 Å². The van der Waals surface area contributed by atoms with Crippen molar-refractivity contribution in [2.24, 2.45) is 7.05 Å². The molecule has 19 heavy (non-hydrogen) atoms. The lowest BCUT2D eigenvalue weighted by atomic mass is 10.4. The van der Waals surface area contributed by atoms with Gasteiger partial charge in [-0.1, -0.05) is 0 Å². The summed E-state index contributed by atoms with van der Waals surface area (Å²) in [6.45, 7) is 5.12. The monoisotopic (exact) mass is 267 g/mol. The zero-order valence-electron chi connectivity index (χ0n) is 11.4. The first-order valence-electron chi connectivity index (χ1n) is 5.73. The van der Waals surface area contributed by atoms with Gasteiger partial charge in [-0.2, -0.15) is 4.98 Å². The van der Waals surface area contributed by atoms with E-state index in [1.807, 2.05) is 0 Å². The molecular formula is C11H17N5O3. The Morgan fingerprint density at radius 2 is 2.11 bits per heavy atom. The normalized spacial score (nSPS) is 11.1. The molecule has 0 fully saturated rings. The van der Waals surface area contributed by atoms with Gasteiger partial charge in [-0.05, 0) is 13.8 Å². The highest BCUT2D eigenvalue weighted by Crippen LogP contribution is 2.06. The molecule has 1 heterocycles. The number of nitrogens with zero attached hydrogens (tertiary/aromatic N) is 3. The van der Waals surface area contributed by atoms with E-state index in [2.05, 4.69) is 20.7 Å². The Morgan fingerprint density at radius 1 is 1.42 bits per heavy atom. The van der Waals surface area contributed by atoms with Crippen molar-refractivity contribution in [2.45, 2.75) is 20.8 Å². The molecule has 0 spiro atoms. The molecule has 8 heteroatoms. The minimum atomic E-state index is -0.609. The molecule has 0 aliphatic rings. The number of carbonyl (C=O) groups excluding carboxylic acids is 2. The minimum absolute atomic E-state index is 0.142. The number of allylic oxidation sites excluding steroid dienone is 1. The molecule has 0 aliphatic carbocycles. The van der Waals surface area contributed by atoms with E-state index < -0.39 is 6.09 Å². The number of aryl methyl sites for hydroxylation is 1. The molecule has 0 saturated heterocycles. The van der Waals surface area contributed by atoms with Crippen LogP contribution in [0.4, 0.5) is 10.7 Å². The molecule has 8 nitrogen and oxygen atoms in total. The summed E-state index contributed by atoms with van der Waals surface area (Å²) < 4.78 is 6.20. The third-order valence-electron chi connectivity index (χ3n) is 2.00. The fraction of sp³-hybridized carbons (Fsp3) is 0.455. The van der Waals surface area contributed by atoms with E-state index in [0.717, 1.165) is 0 Å². The van der Waals surface area contributed by atoms with Crippen molar-refractivity contribution in [1.82, 2.24) is 20.1 Å².